The first-order valence-electron chi connectivity index (χ1n) is 6.51. The maximum absolute atomic E-state index is 11.7. The highest BCUT2D eigenvalue weighted by Crippen LogP contribution is 2.03. The van der Waals surface area contributed by atoms with Gasteiger partial charge in [-0.1, -0.05) is 19.8 Å². The van der Waals surface area contributed by atoms with E-state index in [2.05, 4.69) is 5.32 Å². The van der Waals surface area contributed by atoms with Gasteiger partial charge in [0.15, 0.2) is 0 Å². The van der Waals surface area contributed by atoms with Gasteiger partial charge in [-0.2, -0.15) is 0 Å². The van der Waals surface area contributed by atoms with Gasteiger partial charge in [-0.3, -0.25) is 4.79 Å². The number of carbonyl (C=O) groups excluding carboxylic acids is 1. The van der Waals surface area contributed by atoms with Gasteiger partial charge in [0.1, 0.15) is 6.04 Å². The van der Waals surface area contributed by atoms with Crippen molar-refractivity contribution in [1.82, 2.24) is 5.32 Å². The van der Waals surface area contributed by atoms with Crippen molar-refractivity contribution in [2.24, 2.45) is 11.5 Å². The molecule has 106 valence electrons. The lowest BCUT2D eigenvalue weighted by atomic mass is 10.1. The second-order valence-corrected chi connectivity index (χ2v) is 4.43. The zero-order valence-corrected chi connectivity index (χ0v) is 11.0. The molecule has 18 heavy (non-hydrogen) atoms. The van der Waals surface area contributed by atoms with E-state index in [4.69, 9.17) is 16.6 Å². The summed E-state index contributed by atoms with van der Waals surface area (Å²) in [5.41, 5.74) is 11.0. The van der Waals surface area contributed by atoms with E-state index in [-0.39, 0.29) is 5.91 Å². The summed E-state index contributed by atoms with van der Waals surface area (Å²) in [7, 11) is 0. The van der Waals surface area contributed by atoms with E-state index in [1.165, 1.54) is 0 Å². The largest absolute Gasteiger partial charge is 0.480 e. The summed E-state index contributed by atoms with van der Waals surface area (Å²) < 4.78 is 0. The Labute approximate surface area is 108 Å². The number of carboxylic acids is 1. The van der Waals surface area contributed by atoms with Gasteiger partial charge in [0.25, 0.3) is 0 Å². The van der Waals surface area contributed by atoms with Crippen LogP contribution in [0.3, 0.4) is 0 Å². The fraction of sp³-hybridized carbons (Fsp3) is 0.833. The second kappa shape index (κ2) is 9.85. The minimum Gasteiger partial charge on any atom is -0.480 e. The molecule has 0 radical (unpaired) electrons. The second-order valence-electron chi connectivity index (χ2n) is 4.43. The summed E-state index contributed by atoms with van der Waals surface area (Å²) in [5, 5.41) is 11.5. The first-order chi connectivity index (χ1) is 8.52. The lowest BCUT2D eigenvalue weighted by molar-refractivity contribution is -0.142. The molecule has 2 atom stereocenters. The van der Waals surface area contributed by atoms with Crippen LogP contribution in [0.25, 0.3) is 0 Å². The average Bonchev–Trinajstić information content (AvgIpc) is 2.34. The molecule has 0 saturated heterocycles. The van der Waals surface area contributed by atoms with Crippen molar-refractivity contribution in [1.29, 1.82) is 0 Å². The summed E-state index contributed by atoms with van der Waals surface area (Å²) in [4.78, 5) is 22.7. The van der Waals surface area contributed by atoms with Gasteiger partial charge in [-0.05, 0) is 32.2 Å². The number of nitrogens with one attached hydrogen (secondary N) is 1. The number of unbranched alkanes of at least 4 members (excludes halogenated alkanes) is 2. The number of aliphatic carboxylic acids is 1. The molecule has 0 aliphatic carbocycles. The number of carbonyl (C=O) groups is 2. The topological polar surface area (TPSA) is 118 Å². The summed E-state index contributed by atoms with van der Waals surface area (Å²) in [6, 6.07) is -1.49. The molecule has 0 fully saturated rings. The van der Waals surface area contributed by atoms with Crippen molar-refractivity contribution >= 4 is 11.9 Å². The van der Waals surface area contributed by atoms with Gasteiger partial charge < -0.3 is 21.9 Å². The smallest absolute Gasteiger partial charge is 0.326 e. The predicted octanol–water partition coefficient (Wildman–Crippen LogP) is 0.202. The highest BCUT2D eigenvalue weighted by Gasteiger charge is 2.22. The molecule has 1 amide bonds. The maximum Gasteiger partial charge on any atom is 0.326 e. The van der Waals surface area contributed by atoms with Crippen molar-refractivity contribution in [3.05, 3.63) is 0 Å². The minimum absolute atomic E-state index is 0.386. The van der Waals surface area contributed by atoms with Crippen LogP contribution in [-0.2, 0) is 9.59 Å². The molecule has 0 aromatic heterocycles. The Morgan fingerprint density at radius 1 is 1.22 bits per heavy atom. The van der Waals surface area contributed by atoms with Crippen LogP contribution in [0, 0.1) is 0 Å². The van der Waals surface area contributed by atoms with Crippen LogP contribution in [0.1, 0.15) is 45.4 Å². The van der Waals surface area contributed by atoms with E-state index in [0.29, 0.717) is 25.8 Å². The summed E-state index contributed by atoms with van der Waals surface area (Å²) in [6.45, 7) is 2.54. The van der Waals surface area contributed by atoms with Gasteiger partial charge >= 0.3 is 5.97 Å². The summed E-state index contributed by atoms with van der Waals surface area (Å²) >= 11 is 0. The van der Waals surface area contributed by atoms with E-state index in [1.807, 2.05) is 6.92 Å². The van der Waals surface area contributed by atoms with Crippen molar-refractivity contribution < 1.29 is 14.7 Å². The number of hydrogen-bond donors (Lipinski definition) is 4. The Bertz CT molecular complexity index is 259. The Balaban J connectivity index is 4.14. The van der Waals surface area contributed by atoms with Crippen LogP contribution >= 0.6 is 0 Å². The molecule has 6 nitrogen and oxygen atoms in total. The Kier molecular flexibility index (Phi) is 9.22. The molecule has 0 aliphatic rings. The molecular formula is C12H25N3O3. The molecule has 0 aliphatic heterocycles. The monoisotopic (exact) mass is 259 g/mol. The lowest BCUT2D eigenvalue weighted by Gasteiger charge is -2.17. The van der Waals surface area contributed by atoms with Crippen molar-refractivity contribution in [3.63, 3.8) is 0 Å². The quantitative estimate of drug-likeness (QED) is 0.418. The van der Waals surface area contributed by atoms with Gasteiger partial charge in [0.2, 0.25) is 5.91 Å². The van der Waals surface area contributed by atoms with Gasteiger partial charge in [0, 0.05) is 0 Å². The highest BCUT2D eigenvalue weighted by atomic mass is 16.4. The van der Waals surface area contributed by atoms with Gasteiger partial charge in [0.05, 0.1) is 6.04 Å². The number of nitrogens with two attached hydrogens (primary N) is 2. The molecule has 6 heteroatoms. The normalized spacial score (nSPS) is 13.9. The van der Waals surface area contributed by atoms with Gasteiger partial charge in [-0.15, -0.1) is 0 Å². The minimum atomic E-state index is -1.02. The Morgan fingerprint density at radius 3 is 2.39 bits per heavy atom. The third kappa shape index (κ3) is 7.24. The fourth-order valence-electron chi connectivity index (χ4n) is 1.58. The standard InChI is InChI=1S/C12H25N3O3/c1-2-3-6-9(14)11(16)15-10(12(17)18)7-4-5-8-13/h9-10H,2-8,13-14H2,1H3,(H,15,16)(H,17,18)/t9-,10-/m0/s1. The molecule has 0 rings (SSSR count). The third-order valence-corrected chi connectivity index (χ3v) is 2.77. The summed E-state index contributed by atoms with van der Waals surface area (Å²) in [6.07, 6.45) is 4.22. The first kappa shape index (κ1) is 16.9. The molecule has 0 spiro atoms. The lowest BCUT2D eigenvalue weighted by Crippen LogP contribution is -2.48. The van der Waals surface area contributed by atoms with E-state index >= 15 is 0 Å². The Hall–Kier alpha value is -1.14. The molecule has 0 saturated carbocycles. The van der Waals surface area contributed by atoms with Crippen LogP contribution < -0.4 is 16.8 Å². The van der Waals surface area contributed by atoms with E-state index in [9.17, 15) is 9.59 Å². The molecule has 0 aromatic carbocycles. The van der Waals surface area contributed by atoms with E-state index in [0.717, 1.165) is 19.3 Å². The van der Waals surface area contributed by atoms with Crippen LogP contribution in [0.5, 0.6) is 0 Å². The third-order valence-electron chi connectivity index (χ3n) is 2.77. The summed E-state index contributed by atoms with van der Waals surface area (Å²) in [5.74, 6) is -1.41. The van der Waals surface area contributed by atoms with E-state index in [1.54, 1.807) is 0 Å². The zero-order chi connectivity index (χ0) is 14.0. The fourth-order valence-corrected chi connectivity index (χ4v) is 1.58. The molecular weight excluding hydrogens is 234 g/mol. The SMILES string of the molecule is CCCC[C@H](N)C(=O)N[C@@H](CCCCN)C(=O)O. The van der Waals surface area contributed by atoms with Crippen molar-refractivity contribution in [3.8, 4) is 0 Å². The van der Waals surface area contributed by atoms with Gasteiger partial charge in [-0.25, -0.2) is 4.79 Å². The highest BCUT2D eigenvalue weighted by molar-refractivity contribution is 5.86. The van der Waals surface area contributed by atoms with Crippen LogP contribution in [0.4, 0.5) is 0 Å². The Morgan fingerprint density at radius 2 is 1.89 bits per heavy atom. The van der Waals surface area contributed by atoms with E-state index < -0.39 is 18.1 Å². The zero-order valence-electron chi connectivity index (χ0n) is 11.0. The van der Waals surface area contributed by atoms with Crippen molar-refractivity contribution in [2.45, 2.75) is 57.5 Å². The predicted molar refractivity (Wildman–Crippen MR) is 70.0 cm³/mol. The van der Waals surface area contributed by atoms with Crippen molar-refractivity contribution in [2.75, 3.05) is 6.54 Å². The number of carboxylic acid groups (broad SMARTS) is 1. The number of rotatable bonds is 10. The van der Waals surface area contributed by atoms with Crippen LogP contribution in [-0.4, -0.2) is 35.6 Å². The average molecular weight is 259 g/mol. The molecule has 0 heterocycles. The number of amides is 1. The maximum atomic E-state index is 11.7. The molecule has 0 bridgehead atoms. The molecule has 0 unspecified atom stereocenters. The van der Waals surface area contributed by atoms with Crippen LogP contribution in [0.2, 0.25) is 0 Å². The first-order valence-corrected chi connectivity index (χ1v) is 6.51. The molecule has 0 aromatic rings. The van der Waals surface area contributed by atoms with Crippen LogP contribution in [0.15, 0.2) is 0 Å². The molecule has 6 N–H and O–H groups in total. The number of hydrogen-bond acceptors (Lipinski definition) is 4.